The third-order valence-corrected chi connectivity index (χ3v) is 3.66. The molecule has 1 aromatic heterocycles. The van der Waals surface area contributed by atoms with Gasteiger partial charge in [-0.3, -0.25) is 9.59 Å². The molecule has 0 fully saturated rings. The fourth-order valence-electron chi connectivity index (χ4n) is 2.00. The van der Waals surface area contributed by atoms with Crippen molar-refractivity contribution in [3.63, 3.8) is 0 Å². The summed E-state index contributed by atoms with van der Waals surface area (Å²) < 4.78 is 0. The van der Waals surface area contributed by atoms with Gasteiger partial charge in [-0.25, -0.2) is 0 Å². The molecule has 0 saturated heterocycles. The van der Waals surface area contributed by atoms with Gasteiger partial charge >= 0.3 is 0 Å². The number of carbonyl (C=O) groups excluding carboxylic acids is 2. The predicted molar refractivity (Wildman–Crippen MR) is 64.7 cm³/mol. The van der Waals surface area contributed by atoms with Crippen LogP contribution in [0.1, 0.15) is 17.8 Å². The van der Waals surface area contributed by atoms with Gasteiger partial charge in [-0.1, -0.05) is 6.07 Å². The van der Waals surface area contributed by atoms with Crippen molar-refractivity contribution in [1.82, 2.24) is 4.90 Å². The smallest absolute Gasteiger partial charge is 0.290 e. The molecule has 0 spiro atoms. The number of carbonyl (C=O) groups is 2. The Morgan fingerprint density at radius 1 is 1.67 bits per heavy atom. The molecule has 92 valence electrons. The van der Waals surface area contributed by atoms with E-state index in [0.717, 1.165) is 4.88 Å². The van der Waals surface area contributed by atoms with E-state index in [2.05, 4.69) is 0 Å². The average molecular weight is 262 g/mol. The molecule has 0 unspecified atom stereocenters. The number of thiophene rings is 1. The number of Topliss-reactive ketones (excluding diaryl/α,β-unsaturated/α-hetero) is 1. The van der Waals surface area contributed by atoms with Gasteiger partial charge in [-0.2, -0.15) is 5.26 Å². The number of hydrogen-bond donors (Lipinski definition) is 1. The largest absolute Gasteiger partial charge is 0.503 e. The maximum atomic E-state index is 11.8. The van der Waals surface area contributed by atoms with Crippen LogP contribution in [0, 0.1) is 11.3 Å². The van der Waals surface area contributed by atoms with Crippen LogP contribution in [0.2, 0.25) is 0 Å². The minimum Gasteiger partial charge on any atom is -0.503 e. The second kappa shape index (κ2) is 4.63. The van der Waals surface area contributed by atoms with E-state index >= 15 is 0 Å². The van der Waals surface area contributed by atoms with E-state index in [-0.39, 0.29) is 17.9 Å². The van der Waals surface area contributed by atoms with Crippen LogP contribution in [0.3, 0.4) is 0 Å². The van der Waals surface area contributed by atoms with E-state index in [9.17, 15) is 14.7 Å². The number of aliphatic hydroxyl groups is 1. The first-order valence-corrected chi connectivity index (χ1v) is 6.11. The Kier molecular flexibility index (Phi) is 3.17. The van der Waals surface area contributed by atoms with Crippen LogP contribution in [0.25, 0.3) is 0 Å². The highest BCUT2D eigenvalue weighted by Crippen LogP contribution is 2.39. The molecule has 1 aromatic rings. The van der Waals surface area contributed by atoms with Gasteiger partial charge in [0.15, 0.2) is 11.5 Å². The van der Waals surface area contributed by atoms with Gasteiger partial charge in [0.2, 0.25) is 0 Å². The highest BCUT2D eigenvalue weighted by molar-refractivity contribution is 7.10. The molecule has 0 radical (unpaired) electrons. The molecule has 0 aromatic carbocycles. The Hall–Kier alpha value is -2.13. The Labute approximate surface area is 108 Å². The number of aliphatic hydroxyl groups excluding tert-OH is 1. The van der Waals surface area contributed by atoms with Gasteiger partial charge in [0.1, 0.15) is 12.6 Å². The Morgan fingerprint density at radius 2 is 2.39 bits per heavy atom. The molecular weight excluding hydrogens is 252 g/mol. The number of hydrogen-bond acceptors (Lipinski definition) is 5. The number of rotatable bonds is 3. The summed E-state index contributed by atoms with van der Waals surface area (Å²) in [5.41, 5.74) is 0.0673. The highest BCUT2D eigenvalue weighted by Gasteiger charge is 2.42. The summed E-state index contributed by atoms with van der Waals surface area (Å²) in [5, 5.41) is 20.3. The average Bonchev–Trinajstić information content (AvgIpc) is 2.91. The molecule has 1 N–H and O–H groups in total. The predicted octanol–water partition coefficient (Wildman–Crippen LogP) is 1.56. The van der Waals surface area contributed by atoms with Crippen LogP contribution in [-0.4, -0.2) is 28.2 Å². The minimum atomic E-state index is -0.667. The molecule has 1 aliphatic heterocycles. The van der Waals surface area contributed by atoms with Crippen LogP contribution >= 0.6 is 11.3 Å². The second-order valence-electron chi connectivity index (χ2n) is 3.83. The van der Waals surface area contributed by atoms with Gasteiger partial charge in [0.05, 0.1) is 11.6 Å². The number of amides is 1. The minimum absolute atomic E-state index is 0.0673. The second-order valence-corrected chi connectivity index (χ2v) is 4.81. The van der Waals surface area contributed by atoms with Gasteiger partial charge in [0, 0.05) is 4.88 Å². The maximum absolute atomic E-state index is 11.8. The lowest BCUT2D eigenvalue weighted by molar-refractivity contribution is -0.128. The summed E-state index contributed by atoms with van der Waals surface area (Å²) in [4.78, 5) is 25.4. The van der Waals surface area contributed by atoms with Crippen LogP contribution in [0.5, 0.6) is 0 Å². The summed E-state index contributed by atoms with van der Waals surface area (Å²) in [7, 11) is 0. The lowest BCUT2D eigenvalue weighted by atomic mass is 10.0. The monoisotopic (exact) mass is 262 g/mol. The van der Waals surface area contributed by atoms with E-state index in [4.69, 9.17) is 5.26 Å². The molecule has 1 amide bonds. The van der Waals surface area contributed by atoms with E-state index in [1.807, 2.05) is 11.4 Å². The fraction of sp³-hybridized carbons (Fsp3) is 0.250. The first-order chi connectivity index (χ1) is 8.57. The standard InChI is InChI=1S/C12H10N2O3S/c1-7(15)9-10(8-3-2-6-18-8)14(5-4-13)12(17)11(9)16/h2-3,6,10,16H,5H2,1H3/t10-/m0/s1. The molecule has 0 aliphatic carbocycles. The summed E-state index contributed by atoms with van der Waals surface area (Å²) in [5.74, 6) is -1.57. The zero-order chi connectivity index (χ0) is 13.3. The summed E-state index contributed by atoms with van der Waals surface area (Å²) in [6.07, 6.45) is 0. The highest BCUT2D eigenvalue weighted by atomic mass is 32.1. The van der Waals surface area contributed by atoms with Crippen molar-refractivity contribution in [2.45, 2.75) is 13.0 Å². The quantitative estimate of drug-likeness (QED) is 0.838. The summed E-state index contributed by atoms with van der Waals surface area (Å²) in [6.45, 7) is 1.14. The third kappa shape index (κ3) is 1.79. The normalized spacial score (nSPS) is 19.2. The topological polar surface area (TPSA) is 81.4 Å². The first-order valence-electron chi connectivity index (χ1n) is 5.23. The lowest BCUT2D eigenvalue weighted by Gasteiger charge is -2.22. The van der Waals surface area contributed by atoms with Crippen molar-refractivity contribution < 1.29 is 14.7 Å². The van der Waals surface area contributed by atoms with Gasteiger partial charge < -0.3 is 10.0 Å². The van der Waals surface area contributed by atoms with Crippen LogP contribution in [-0.2, 0) is 9.59 Å². The van der Waals surface area contributed by atoms with Crippen molar-refractivity contribution in [3.8, 4) is 6.07 Å². The number of nitriles is 1. The Morgan fingerprint density at radius 3 is 2.89 bits per heavy atom. The molecule has 5 nitrogen and oxygen atoms in total. The zero-order valence-electron chi connectivity index (χ0n) is 9.58. The van der Waals surface area contributed by atoms with Crippen molar-refractivity contribution in [3.05, 3.63) is 33.7 Å². The van der Waals surface area contributed by atoms with E-state index in [1.165, 1.54) is 23.2 Å². The number of nitrogens with zero attached hydrogens (tertiary/aromatic N) is 2. The fourth-order valence-corrected chi connectivity index (χ4v) is 2.84. The number of ketones is 1. The molecule has 1 aliphatic rings. The van der Waals surface area contributed by atoms with Gasteiger partial charge in [-0.05, 0) is 18.4 Å². The molecule has 1 atom stereocenters. The van der Waals surface area contributed by atoms with Gasteiger partial charge in [-0.15, -0.1) is 11.3 Å². The van der Waals surface area contributed by atoms with Crippen molar-refractivity contribution in [1.29, 1.82) is 5.26 Å². The van der Waals surface area contributed by atoms with Crippen LogP contribution in [0.4, 0.5) is 0 Å². The van der Waals surface area contributed by atoms with E-state index in [1.54, 1.807) is 12.1 Å². The van der Waals surface area contributed by atoms with Gasteiger partial charge in [0.25, 0.3) is 5.91 Å². The SMILES string of the molecule is CC(=O)C1=C(O)C(=O)N(CC#N)[C@H]1c1cccs1. The molecule has 0 bridgehead atoms. The Balaban J connectivity index is 2.52. The van der Waals surface area contributed by atoms with Crippen molar-refractivity contribution >= 4 is 23.0 Å². The van der Waals surface area contributed by atoms with Crippen LogP contribution in [0.15, 0.2) is 28.8 Å². The lowest BCUT2D eigenvalue weighted by Crippen LogP contribution is -2.30. The van der Waals surface area contributed by atoms with Crippen LogP contribution < -0.4 is 0 Å². The molecule has 2 heterocycles. The van der Waals surface area contributed by atoms with Crippen molar-refractivity contribution in [2.24, 2.45) is 0 Å². The molecule has 2 rings (SSSR count). The molecule has 18 heavy (non-hydrogen) atoms. The first kappa shape index (κ1) is 12.3. The van der Waals surface area contributed by atoms with Crippen molar-refractivity contribution in [2.75, 3.05) is 6.54 Å². The summed E-state index contributed by atoms with van der Waals surface area (Å²) >= 11 is 1.37. The Bertz CT molecular complexity index is 569. The maximum Gasteiger partial charge on any atom is 0.290 e. The molecule has 0 saturated carbocycles. The summed E-state index contributed by atoms with van der Waals surface area (Å²) in [6, 6.07) is 4.79. The third-order valence-electron chi connectivity index (χ3n) is 2.74. The zero-order valence-corrected chi connectivity index (χ0v) is 10.4. The molecule has 6 heteroatoms. The van der Waals surface area contributed by atoms with E-state index < -0.39 is 17.7 Å². The van der Waals surface area contributed by atoms with E-state index in [0.29, 0.717) is 0 Å². The molecular formula is C12H10N2O3S.